The van der Waals surface area contributed by atoms with Crippen LogP contribution in [0.2, 0.25) is 5.15 Å². The van der Waals surface area contributed by atoms with Gasteiger partial charge in [-0.2, -0.15) is 13.2 Å². The predicted molar refractivity (Wildman–Crippen MR) is 74.1 cm³/mol. The minimum atomic E-state index is -4.49. The zero-order valence-corrected chi connectivity index (χ0v) is 12.4. The number of nitrogens with one attached hydrogen (secondary N) is 1. The van der Waals surface area contributed by atoms with E-state index >= 15 is 0 Å². The maximum atomic E-state index is 12.4. The fourth-order valence-electron chi connectivity index (χ4n) is 1.38. The van der Waals surface area contributed by atoms with Gasteiger partial charge in [-0.1, -0.05) is 11.6 Å². The van der Waals surface area contributed by atoms with E-state index < -0.39 is 17.6 Å². The molecule has 0 fully saturated rings. The van der Waals surface area contributed by atoms with Crippen LogP contribution < -0.4 is 5.32 Å². The van der Waals surface area contributed by atoms with Crippen LogP contribution in [0.5, 0.6) is 0 Å². The van der Waals surface area contributed by atoms with E-state index in [4.69, 9.17) is 11.6 Å². The van der Waals surface area contributed by atoms with E-state index in [-0.39, 0.29) is 10.8 Å². The Balaban J connectivity index is 2.15. The van der Waals surface area contributed by atoms with Gasteiger partial charge >= 0.3 is 6.18 Å². The van der Waals surface area contributed by atoms with Crippen LogP contribution in [0.4, 0.5) is 18.9 Å². The number of carbonyl (C=O) groups is 1. The molecule has 9 heteroatoms. The molecule has 0 radical (unpaired) electrons. The minimum absolute atomic E-state index is 0.144. The molecule has 2 heterocycles. The van der Waals surface area contributed by atoms with Crippen LogP contribution in [0.15, 0.2) is 35.1 Å². The van der Waals surface area contributed by atoms with Crippen molar-refractivity contribution in [1.29, 1.82) is 0 Å². The second-order valence-electron chi connectivity index (χ2n) is 3.88. The molecule has 0 unspecified atom stereocenters. The maximum Gasteiger partial charge on any atom is 0.417 e. The third-order valence-corrected chi connectivity index (χ3v) is 3.51. The monoisotopic (exact) mass is 379 g/mol. The highest BCUT2D eigenvalue weighted by molar-refractivity contribution is 9.10. The quantitative estimate of drug-likeness (QED) is 0.796. The molecule has 1 amide bonds. The summed E-state index contributed by atoms with van der Waals surface area (Å²) < 4.78 is 37.6. The number of hydrogen-bond donors (Lipinski definition) is 1. The molecule has 0 aliphatic carbocycles. The Hall–Kier alpha value is -1.67. The van der Waals surface area contributed by atoms with Crippen LogP contribution >= 0.6 is 27.5 Å². The van der Waals surface area contributed by atoms with E-state index in [9.17, 15) is 18.0 Å². The molecule has 0 spiro atoms. The lowest BCUT2D eigenvalue weighted by molar-refractivity contribution is -0.137. The zero-order chi connectivity index (χ0) is 15.6. The van der Waals surface area contributed by atoms with Crippen molar-refractivity contribution < 1.29 is 18.0 Å². The number of halogens is 5. The highest BCUT2D eigenvalue weighted by atomic mass is 79.9. The standard InChI is InChI=1S/C12H6BrClF3N3O/c13-8-3-7(5-19-10(8)14)20-11(21)9-2-1-6(4-18-9)12(15,16)17/h1-5H,(H,20,21). The number of hydrogen-bond acceptors (Lipinski definition) is 3. The predicted octanol–water partition coefficient (Wildman–Crippen LogP) is 4.16. The van der Waals surface area contributed by atoms with E-state index in [1.54, 1.807) is 0 Å². The molecular weight excluding hydrogens is 375 g/mol. The molecule has 110 valence electrons. The highest BCUT2D eigenvalue weighted by Crippen LogP contribution is 2.28. The molecular formula is C12H6BrClF3N3O. The molecule has 2 rings (SSSR count). The van der Waals surface area contributed by atoms with Crippen molar-refractivity contribution >= 4 is 39.1 Å². The molecule has 0 atom stereocenters. The van der Waals surface area contributed by atoms with Crippen LogP contribution in [0.25, 0.3) is 0 Å². The van der Waals surface area contributed by atoms with Gasteiger partial charge in [0.25, 0.3) is 5.91 Å². The van der Waals surface area contributed by atoms with Gasteiger partial charge in [0.2, 0.25) is 0 Å². The molecule has 2 aromatic heterocycles. The lowest BCUT2D eigenvalue weighted by atomic mass is 10.2. The molecule has 0 aromatic carbocycles. The van der Waals surface area contributed by atoms with E-state index in [2.05, 4.69) is 31.2 Å². The number of rotatable bonds is 2. The van der Waals surface area contributed by atoms with Crippen molar-refractivity contribution in [3.8, 4) is 0 Å². The van der Waals surface area contributed by atoms with Gasteiger partial charge in [0.15, 0.2) is 0 Å². The SMILES string of the molecule is O=C(Nc1cnc(Cl)c(Br)c1)c1ccc(C(F)(F)F)cn1. The van der Waals surface area contributed by atoms with Gasteiger partial charge in [0.1, 0.15) is 10.8 Å². The van der Waals surface area contributed by atoms with Crippen molar-refractivity contribution in [1.82, 2.24) is 9.97 Å². The summed E-state index contributed by atoms with van der Waals surface area (Å²) in [6, 6.07) is 3.30. The third-order valence-electron chi connectivity index (χ3n) is 2.38. The van der Waals surface area contributed by atoms with Crippen LogP contribution in [0.1, 0.15) is 16.1 Å². The largest absolute Gasteiger partial charge is 0.417 e. The summed E-state index contributed by atoms with van der Waals surface area (Å²) >= 11 is 8.84. The normalized spacial score (nSPS) is 11.3. The topological polar surface area (TPSA) is 54.9 Å². The van der Waals surface area contributed by atoms with Gasteiger partial charge in [-0.05, 0) is 34.1 Å². The summed E-state index contributed by atoms with van der Waals surface area (Å²) in [7, 11) is 0. The first kappa shape index (κ1) is 15.7. The summed E-state index contributed by atoms with van der Waals surface area (Å²) in [5.41, 5.74) is -0.734. The Morgan fingerprint density at radius 2 is 1.95 bits per heavy atom. The Bertz CT molecular complexity index is 676. The van der Waals surface area contributed by atoms with Gasteiger partial charge in [-0.3, -0.25) is 9.78 Å². The van der Waals surface area contributed by atoms with Crippen LogP contribution in [-0.4, -0.2) is 15.9 Å². The first-order chi connectivity index (χ1) is 9.77. The Morgan fingerprint density at radius 3 is 2.48 bits per heavy atom. The van der Waals surface area contributed by atoms with Crippen molar-refractivity contribution in [3.05, 3.63) is 51.5 Å². The van der Waals surface area contributed by atoms with Gasteiger partial charge in [-0.25, -0.2) is 4.98 Å². The summed E-state index contributed by atoms with van der Waals surface area (Å²) in [5, 5.41) is 2.67. The Kier molecular flexibility index (Phi) is 4.48. The Labute approximate surface area is 130 Å². The molecule has 0 aliphatic heterocycles. The highest BCUT2D eigenvalue weighted by Gasteiger charge is 2.30. The zero-order valence-electron chi connectivity index (χ0n) is 10.1. The summed E-state index contributed by atoms with van der Waals surface area (Å²) in [6.45, 7) is 0. The van der Waals surface area contributed by atoms with Crippen LogP contribution in [0, 0.1) is 0 Å². The van der Waals surface area contributed by atoms with E-state index in [1.165, 1.54) is 12.3 Å². The number of nitrogens with zero attached hydrogens (tertiary/aromatic N) is 2. The van der Waals surface area contributed by atoms with Crippen molar-refractivity contribution in [2.75, 3.05) is 5.32 Å². The summed E-state index contributed by atoms with van der Waals surface area (Å²) in [4.78, 5) is 19.1. The molecule has 4 nitrogen and oxygen atoms in total. The summed E-state index contributed by atoms with van der Waals surface area (Å²) in [5.74, 6) is -0.653. The molecule has 0 aliphatic rings. The van der Waals surface area contributed by atoms with E-state index in [0.717, 1.165) is 12.1 Å². The first-order valence-corrected chi connectivity index (χ1v) is 6.60. The fraction of sp³-hybridized carbons (Fsp3) is 0.0833. The minimum Gasteiger partial charge on any atom is -0.319 e. The lowest BCUT2D eigenvalue weighted by Gasteiger charge is -2.08. The lowest BCUT2D eigenvalue weighted by Crippen LogP contribution is -2.15. The van der Waals surface area contributed by atoms with Crippen molar-refractivity contribution in [3.63, 3.8) is 0 Å². The number of carbonyl (C=O) groups excluding carboxylic acids is 1. The van der Waals surface area contributed by atoms with Gasteiger partial charge < -0.3 is 5.32 Å². The smallest absolute Gasteiger partial charge is 0.319 e. The number of anilines is 1. The van der Waals surface area contributed by atoms with Crippen LogP contribution in [0.3, 0.4) is 0 Å². The molecule has 2 aromatic rings. The average molecular weight is 381 g/mol. The molecule has 0 saturated heterocycles. The molecule has 0 saturated carbocycles. The number of aromatic nitrogens is 2. The van der Waals surface area contributed by atoms with Gasteiger partial charge in [-0.15, -0.1) is 0 Å². The third kappa shape index (κ3) is 3.92. The number of amides is 1. The second-order valence-corrected chi connectivity index (χ2v) is 5.09. The maximum absolute atomic E-state index is 12.4. The molecule has 0 bridgehead atoms. The number of pyridine rings is 2. The van der Waals surface area contributed by atoms with Gasteiger partial charge in [0, 0.05) is 6.20 Å². The van der Waals surface area contributed by atoms with E-state index in [0.29, 0.717) is 16.4 Å². The van der Waals surface area contributed by atoms with Crippen molar-refractivity contribution in [2.45, 2.75) is 6.18 Å². The molecule has 21 heavy (non-hydrogen) atoms. The second kappa shape index (κ2) is 5.98. The van der Waals surface area contributed by atoms with E-state index in [1.807, 2.05) is 0 Å². The van der Waals surface area contributed by atoms with Gasteiger partial charge in [0.05, 0.1) is 21.9 Å². The first-order valence-electron chi connectivity index (χ1n) is 5.43. The van der Waals surface area contributed by atoms with Crippen LogP contribution in [-0.2, 0) is 6.18 Å². The van der Waals surface area contributed by atoms with Crippen molar-refractivity contribution in [2.24, 2.45) is 0 Å². The average Bonchev–Trinajstić information content (AvgIpc) is 2.42. The summed E-state index contributed by atoms with van der Waals surface area (Å²) in [6.07, 6.45) is -2.58. The fourth-order valence-corrected chi connectivity index (χ4v) is 1.83. The number of alkyl halides is 3. The Morgan fingerprint density at radius 1 is 1.24 bits per heavy atom. The molecule has 1 N–H and O–H groups in total.